The molecule has 2 atom stereocenters. The van der Waals surface area contributed by atoms with E-state index < -0.39 is 11.8 Å². The molecule has 0 radical (unpaired) electrons. The van der Waals surface area contributed by atoms with E-state index >= 15 is 0 Å². The summed E-state index contributed by atoms with van der Waals surface area (Å²) in [5, 5.41) is 2.99. The van der Waals surface area contributed by atoms with Gasteiger partial charge in [-0.05, 0) is 65.2 Å². The lowest BCUT2D eigenvalue weighted by Crippen LogP contribution is -2.41. The van der Waals surface area contributed by atoms with Gasteiger partial charge >= 0.3 is 0 Å². The lowest BCUT2D eigenvalue weighted by molar-refractivity contribution is -0.130. The minimum atomic E-state index is -0.451. The topological polar surface area (TPSA) is 49.4 Å². The summed E-state index contributed by atoms with van der Waals surface area (Å²) >= 11 is 3.47. The Labute approximate surface area is 190 Å². The standard InChI is InChI=1S/C26H23BrN2O2/c27-23-17-9-10-18-24(23)28-25(30)21-15-7-8-16-22(21)26(31)29(19-11-3-1-4-12-19)20-13-5-2-6-14-20/h1-14,17-18,21-22H,15-16H2,(H,28,30). The predicted octanol–water partition coefficient (Wildman–Crippen LogP) is 6.33. The van der Waals surface area contributed by atoms with E-state index in [2.05, 4.69) is 21.2 Å². The van der Waals surface area contributed by atoms with Gasteiger partial charge in [-0.25, -0.2) is 0 Å². The lowest BCUT2D eigenvalue weighted by Gasteiger charge is -2.32. The summed E-state index contributed by atoms with van der Waals surface area (Å²) in [6.45, 7) is 0. The van der Waals surface area contributed by atoms with Crippen molar-refractivity contribution in [3.63, 3.8) is 0 Å². The van der Waals surface area contributed by atoms with Gasteiger partial charge in [-0.1, -0.05) is 60.7 Å². The molecule has 0 saturated heterocycles. The van der Waals surface area contributed by atoms with E-state index in [1.165, 1.54) is 0 Å². The predicted molar refractivity (Wildman–Crippen MR) is 128 cm³/mol. The number of para-hydroxylation sites is 3. The Balaban J connectivity index is 1.64. The third-order valence-electron chi connectivity index (χ3n) is 5.47. The van der Waals surface area contributed by atoms with Gasteiger partial charge in [-0.15, -0.1) is 0 Å². The van der Waals surface area contributed by atoms with Crippen molar-refractivity contribution in [2.45, 2.75) is 12.8 Å². The second-order valence-electron chi connectivity index (χ2n) is 7.47. The summed E-state index contributed by atoms with van der Waals surface area (Å²) in [7, 11) is 0. The van der Waals surface area contributed by atoms with Crippen molar-refractivity contribution in [1.82, 2.24) is 0 Å². The fourth-order valence-electron chi connectivity index (χ4n) is 3.89. The molecule has 0 saturated carbocycles. The molecule has 2 unspecified atom stereocenters. The van der Waals surface area contributed by atoms with Crippen LogP contribution < -0.4 is 10.2 Å². The number of allylic oxidation sites excluding steroid dienone is 2. The van der Waals surface area contributed by atoms with Crippen molar-refractivity contribution in [1.29, 1.82) is 0 Å². The Morgan fingerprint density at radius 3 is 1.84 bits per heavy atom. The summed E-state index contributed by atoms with van der Waals surface area (Å²) in [6.07, 6.45) is 5.05. The zero-order valence-electron chi connectivity index (χ0n) is 16.9. The van der Waals surface area contributed by atoms with Crippen LogP contribution in [0.5, 0.6) is 0 Å². The molecule has 0 aliphatic heterocycles. The van der Waals surface area contributed by atoms with Gasteiger partial charge in [0.05, 0.1) is 17.5 Å². The van der Waals surface area contributed by atoms with Crippen LogP contribution in [0.25, 0.3) is 0 Å². The molecule has 0 heterocycles. The Hall–Kier alpha value is -3.18. The molecule has 31 heavy (non-hydrogen) atoms. The smallest absolute Gasteiger partial charge is 0.235 e. The Morgan fingerprint density at radius 1 is 0.742 bits per heavy atom. The number of halogens is 1. The zero-order chi connectivity index (χ0) is 21.6. The van der Waals surface area contributed by atoms with Crippen LogP contribution >= 0.6 is 15.9 Å². The summed E-state index contributed by atoms with van der Waals surface area (Å²) in [4.78, 5) is 28.8. The highest BCUT2D eigenvalue weighted by molar-refractivity contribution is 9.10. The van der Waals surface area contributed by atoms with Gasteiger partial charge in [0.25, 0.3) is 0 Å². The van der Waals surface area contributed by atoms with Gasteiger partial charge in [-0.2, -0.15) is 0 Å². The maximum absolute atomic E-state index is 13.8. The summed E-state index contributed by atoms with van der Waals surface area (Å²) in [5.74, 6) is -1.11. The SMILES string of the molecule is O=C(Nc1ccccc1Br)C1CC=CCC1C(=O)N(c1ccccc1)c1ccccc1. The van der Waals surface area contributed by atoms with Gasteiger partial charge in [-0.3, -0.25) is 14.5 Å². The molecule has 3 aromatic carbocycles. The van der Waals surface area contributed by atoms with E-state index in [1.54, 1.807) is 4.90 Å². The molecule has 4 nitrogen and oxygen atoms in total. The summed E-state index contributed by atoms with van der Waals surface area (Å²) in [6, 6.07) is 26.7. The number of nitrogens with zero attached hydrogens (tertiary/aromatic N) is 1. The highest BCUT2D eigenvalue weighted by Gasteiger charge is 2.37. The summed E-state index contributed by atoms with van der Waals surface area (Å²) < 4.78 is 0.813. The molecule has 0 fully saturated rings. The third-order valence-corrected chi connectivity index (χ3v) is 6.16. The van der Waals surface area contributed by atoms with E-state index in [-0.39, 0.29) is 11.8 Å². The highest BCUT2D eigenvalue weighted by Crippen LogP contribution is 2.34. The molecule has 0 bridgehead atoms. The highest BCUT2D eigenvalue weighted by atomic mass is 79.9. The van der Waals surface area contributed by atoms with Gasteiger partial charge in [0.15, 0.2) is 0 Å². The fraction of sp³-hybridized carbons (Fsp3) is 0.154. The van der Waals surface area contributed by atoms with Gasteiger partial charge in [0.2, 0.25) is 11.8 Å². The van der Waals surface area contributed by atoms with Crippen molar-refractivity contribution in [2.24, 2.45) is 11.8 Å². The van der Waals surface area contributed by atoms with Crippen molar-refractivity contribution < 1.29 is 9.59 Å². The number of hydrogen-bond acceptors (Lipinski definition) is 2. The second-order valence-corrected chi connectivity index (χ2v) is 8.32. The number of rotatable bonds is 5. The number of carbonyl (C=O) groups excluding carboxylic acids is 2. The van der Waals surface area contributed by atoms with Crippen LogP contribution in [0.15, 0.2) is 102 Å². The monoisotopic (exact) mass is 474 g/mol. The van der Waals surface area contributed by atoms with E-state index in [9.17, 15) is 9.59 Å². The van der Waals surface area contributed by atoms with Crippen LogP contribution in [0, 0.1) is 11.8 Å². The molecule has 2 amide bonds. The van der Waals surface area contributed by atoms with E-state index in [1.807, 2.05) is 97.1 Å². The number of hydrogen-bond donors (Lipinski definition) is 1. The first-order valence-electron chi connectivity index (χ1n) is 10.3. The number of carbonyl (C=O) groups is 2. The quantitative estimate of drug-likeness (QED) is 0.438. The Morgan fingerprint density at radius 2 is 1.26 bits per heavy atom. The minimum Gasteiger partial charge on any atom is -0.325 e. The molecule has 0 spiro atoms. The van der Waals surface area contributed by atoms with E-state index in [0.29, 0.717) is 18.5 Å². The van der Waals surface area contributed by atoms with Gasteiger partial charge in [0.1, 0.15) is 0 Å². The second kappa shape index (κ2) is 9.75. The molecule has 3 aromatic rings. The van der Waals surface area contributed by atoms with Crippen molar-refractivity contribution in [3.8, 4) is 0 Å². The molecule has 1 N–H and O–H groups in total. The maximum atomic E-state index is 13.8. The first-order valence-corrected chi connectivity index (χ1v) is 11.1. The maximum Gasteiger partial charge on any atom is 0.235 e. The normalized spacial score (nSPS) is 17.7. The largest absolute Gasteiger partial charge is 0.325 e. The molecule has 1 aliphatic rings. The summed E-state index contributed by atoms with van der Waals surface area (Å²) in [5.41, 5.74) is 2.28. The number of amides is 2. The van der Waals surface area contributed by atoms with Crippen LogP contribution in [-0.4, -0.2) is 11.8 Å². The van der Waals surface area contributed by atoms with E-state index in [4.69, 9.17) is 0 Å². The van der Waals surface area contributed by atoms with Crippen LogP contribution in [0.1, 0.15) is 12.8 Å². The van der Waals surface area contributed by atoms with Gasteiger partial charge in [0, 0.05) is 15.8 Å². The zero-order valence-corrected chi connectivity index (χ0v) is 18.5. The van der Waals surface area contributed by atoms with Gasteiger partial charge < -0.3 is 5.32 Å². The lowest BCUT2D eigenvalue weighted by atomic mass is 9.81. The molecular formula is C26H23BrN2O2. The van der Waals surface area contributed by atoms with Crippen molar-refractivity contribution in [2.75, 3.05) is 10.2 Å². The number of benzene rings is 3. The minimum absolute atomic E-state index is 0.0750. The van der Waals surface area contributed by atoms with Crippen LogP contribution in [0.4, 0.5) is 17.1 Å². The fourth-order valence-corrected chi connectivity index (χ4v) is 4.27. The Bertz CT molecular complexity index is 1040. The van der Waals surface area contributed by atoms with Crippen molar-refractivity contribution in [3.05, 3.63) is 102 Å². The third kappa shape index (κ3) is 4.78. The average Bonchev–Trinajstić information content (AvgIpc) is 2.82. The molecule has 0 aromatic heterocycles. The van der Waals surface area contributed by atoms with Crippen molar-refractivity contribution >= 4 is 44.8 Å². The molecule has 5 heteroatoms. The average molecular weight is 475 g/mol. The molecule has 1 aliphatic carbocycles. The van der Waals surface area contributed by atoms with Crippen LogP contribution in [-0.2, 0) is 9.59 Å². The van der Waals surface area contributed by atoms with Crippen LogP contribution in [0.3, 0.4) is 0 Å². The van der Waals surface area contributed by atoms with E-state index in [0.717, 1.165) is 15.8 Å². The number of nitrogens with one attached hydrogen (secondary N) is 1. The molecule has 156 valence electrons. The molecule has 4 rings (SSSR count). The number of anilines is 3. The molecular weight excluding hydrogens is 452 g/mol. The Kier molecular flexibility index (Phi) is 6.63. The first kappa shape index (κ1) is 21.1. The van der Waals surface area contributed by atoms with Crippen LogP contribution in [0.2, 0.25) is 0 Å². The first-order chi connectivity index (χ1) is 15.1.